The van der Waals surface area contributed by atoms with Gasteiger partial charge in [0, 0.05) is 30.9 Å². The molecule has 0 spiro atoms. The summed E-state index contributed by atoms with van der Waals surface area (Å²) < 4.78 is 112. The first kappa shape index (κ1) is 44.0. The fourth-order valence-corrected chi connectivity index (χ4v) is 9.10. The standard InChI is InChI=1S/C46H45F6NO7S/c1-3-17-56-32-12-9-28(10-13-32)27-5-7-29(8-6-27)45(55)60-43-35(25-53-38-24-40-42(23-36(38)48)61-41-22-31(47)11-16-39(41)59-40)34-15-14-33(20-30(34)21-37(43)49)57-18-4-19-58-44(54)26(2)46(50,51)52/h11,14-16,20-25,27-29,32H,2-10,12-13,17-19H2,1H3/b53-25+. The maximum absolute atomic E-state index is 16.2. The third-order valence-corrected chi connectivity index (χ3v) is 12.5. The highest BCUT2D eigenvalue weighted by Crippen LogP contribution is 2.49. The van der Waals surface area contributed by atoms with Crippen molar-refractivity contribution in [2.24, 2.45) is 22.7 Å². The van der Waals surface area contributed by atoms with Crippen molar-refractivity contribution in [3.05, 3.63) is 89.8 Å². The second-order valence-electron chi connectivity index (χ2n) is 15.5. The zero-order chi connectivity index (χ0) is 43.3. The van der Waals surface area contributed by atoms with Gasteiger partial charge in [0.2, 0.25) is 0 Å². The van der Waals surface area contributed by atoms with Crippen LogP contribution in [0.3, 0.4) is 0 Å². The van der Waals surface area contributed by atoms with Gasteiger partial charge in [0.25, 0.3) is 0 Å². The molecule has 2 fully saturated rings. The Morgan fingerprint density at radius 2 is 1.57 bits per heavy atom. The van der Waals surface area contributed by atoms with Crippen LogP contribution in [-0.2, 0) is 19.1 Å². The Hall–Kier alpha value is -5.02. The molecule has 0 atom stereocenters. The summed E-state index contributed by atoms with van der Waals surface area (Å²) in [6, 6.07) is 12.4. The lowest BCUT2D eigenvalue weighted by molar-refractivity contribution is -0.150. The minimum absolute atomic E-state index is 0.0458. The second kappa shape index (κ2) is 19.4. The van der Waals surface area contributed by atoms with Gasteiger partial charge in [0.1, 0.15) is 40.1 Å². The number of ether oxygens (including phenoxy) is 5. The molecule has 61 heavy (non-hydrogen) atoms. The molecule has 4 aromatic rings. The molecule has 1 aliphatic heterocycles. The molecular formula is C46H45F6NO7S. The van der Waals surface area contributed by atoms with Gasteiger partial charge in [-0.1, -0.05) is 25.3 Å². The van der Waals surface area contributed by atoms with E-state index in [-0.39, 0.29) is 48.1 Å². The molecule has 0 bridgehead atoms. The first-order valence-corrected chi connectivity index (χ1v) is 21.3. The third kappa shape index (κ3) is 10.7. The van der Waals surface area contributed by atoms with E-state index in [0.29, 0.717) is 57.1 Å². The Morgan fingerprint density at radius 1 is 0.852 bits per heavy atom. The number of nitrogens with zero attached hydrogens (tertiary/aromatic N) is 1. The van der Waals surface area contributed by atoms with Gasteiger partial charge in [-0.2, -0.15) is 13.2 Å². The molecule has 15 heteroatoms. The zero-order valence-corrected chi connectivity index (χ0v) is 34.3. The predicted octanol–water partition coefficient (Wildman–Crippen LogP) is 12.4. The van der Waals surface area contributed by atoms with E-state index < -0.39 is 47.1 Å². The summed E-state index contributed by atoms with van der Waals surface area (Å²) in [5.41, 5.74) is -1.70. The zero-order valence-electron chi connectivity index (χ0n) is 33.5. The molecule has 0 amide bonds. The van der Waals surface area contributed by atoms with Gasteiger partial charge in [-0.05, 0) is 129 Å². The van der Waals surface area contributed by atoms with Gasteiger partial charge in [-0.25, -0.2) is 18.0 Å². The van der Waals surface area contributed by atoms with E-state index >= 15 is 8.78 Å². The van der Waals surface area contributed by atoms with Crippen LogP contribution in [0.2, 0.25) is 0 Å². The number of carbonyl (C=O) groups excluding carboxylic acids is 2. The number of hydrogen-bond donors (Lipinski definition) is 0. The summed E-state index contributed by atoms with van der Waals surface area (Å²) in [7, 11) is 0. The molecule has 1 heterocycles. The molecule has 0 N–H and O–H groups in total. The first-order chi connectivity index (χ1) is 29.3. The number of fused-ring (bicyclic) bond motifs is 3. The number of halogens is 6. The Labute approximate surface area is 353 Å². The number of aliphatic imine (C=N–C) groups is 1. The van der Waals surface area contributed by atoms with Crippen LogP contribution in [0.15, 0.2) is 81.5 Å². The summed E-state index contributed by atoms with van der Waals surface area (Å²) in [6.45, 7) is 5.18. The maximum Gasteiger partial charge on any atom is 0.422 e. The van der Waals surface area contributed by atoms with Crippen LogP contribution in [0, 0.1) is 35.2 Å². The topological polar surface area (TPSA) is 92.7 Å². The third-order valence-electron chi connectivity index (χ3n) is 11.4. The molecule has 2 saturated carbocycles. The lowest BCUT2D eigenvalue weighted by atomic mass is 9.70. The van der Waals surface area contributed by atoms with Crippen molar-refractivity contribution in [3.8, 4) is 23.0 Å². The van der Waals surface area contributed by atoms with E-state index in [1.807, 2.05) is 0 Å². The number of benzene rings is 4. The number of carbonyl (C=O) groups is 2. The van der Waals surface area contributed by atoms with Crippen LogP contribution >= 0.6 is 11.8 Å². The van der Waals surface area contributed by atoms with Crippen molar-refractivity contribution >= 4 is 46.4 Å². The molecular weight excluding hydrogens is 825 g/mol. The molecule has 3 aliphatic rings. The van der Waals surface area contributed by atoms with Crippen molar-refractivity contribution in [3.63, 3.8) is 0 Å². The Bertz CT molecular complexity index is 2300. The molecule has 0 saturated heterocycles. The Kier molecular flexibility index (Phi) is 14.0. The van der Waals surface area contributed by atoms with Gasteiger partial charge >= 0.3 is 18.1 Å². The minimum Gasteiger partial charge on any atom is -0.493 e. The average molecular weight is 870 g/mol. The van der Waals surface area contributed by atoms with Crippen LogP contribution in [0.4, 0.5) is 32.0 Å². The van der Waals surface area contributed by atoms with E-state index in [1.165, 1.54) is 48.7 Å². The molecule has 0 radical (unpaired) electrons. The van der Waals surface area contributed by atoms with E-state index in [0.717, 1.165) is 63.3 Å². The minimum atomic E-state index is -4.91. The highest BCUT2D eigenvalue weighted by Gasteiger charge is 2.38. The molecule has 2 aliphatic carbocycles. The maximum atomic E-state index is 16.2. The largest absolute Gasteiger partial charge is 0.493 e. The summed E-state index contributed by atoms with van der Waals surface area (Å²) in [4.78, 5) is 30.6. The van der Waals surface area contributed by atoms with Crippen LogP contribution in [0.5, 0.6) is 23.0 Å². The van der Waals surface area contributed by atoms with Gasteiger partial charge in [-0.3, -0.25) is 9.79 Å². The fraction of sp³-hybridized carbons (Fsp3) is 0.413. The van der Waals surface area contributed by atoms with E-state index in [4.69, 9.17) is 18.9 Å². The average Bonchev–Trinajstić information content (AvgIpc) is 3.24. The van der Waals surface area contributed by atoms with Crippen molar-refractivity contribution in [2.75, 3.05) is 19.8 Å². The van der Waals surface area contributed by atoms with Crippen molar-refractivity contribution in [1.82, 2.24) is 0 Å². The Morgan fingerprint density at radius 3 is 2.30 bits per heavy atom. The Balaban J connectivity index is 1.08. The van der Waals surface area contributed by atoms with Crippen molar-refractivity contribution in [2.45, 2.75) is 93.2 Å². The summed E-state index contributed by atoms with van der Waals surface area (Å²) >= 11 is 1.14. The molecule has 7 rings (SSSR count). The number of alkyl halides is 3. The van der Waals surface area contributed by atoms with Crippen molar-refractivity contribution < 1.29 is 59.6 Å². The monoisotopic (exact) mass is 869 g/mol. The fourth-order valence-electron chi connectivity index (χ4n) is 8.12. The van der Waals surface area contributed by atoms with Crippen molar-refractivity contribution in [1.29, 1.82) is 0 Å². The highest BCUT2D eigenvalue weighted by molar-refractivity contribution is 7.99. The van der Waals surface area contributed by atoms with Crippen LogP contribution < -0.4 is 14.2 Å². The number of hydrogen-bond acceptors (Lipinski definition) is 9. The lowest BCUT2D eigenvalue weighted by Crippen LogP contribution is -2.31. The van der Waals surface area contributed by atoms with Gasteiger partial charge < -0.3 is 23.7 Å². The summed E-state index contributed by atoms with van der Waals surface area (Å²) in [5, 5.41) is 0.706. The molecule has 8 nitrogen and oxygen atoms in total. The summed E-state index contributed by atoms with van der Waals surface area (Å²) in [6.07, 6.45) is 4.93. The second-order valence-corrected chi connectivity index (χ2v) is 16.6. The van der Waals surface area contributed by atoms with E-state index in [9.17, 15) is 27.2 Å². The van der Waals surface area contributed by atoms with Crippen LogP contribution in [0.1, 0.15) is 76.7 Å². The van der Waals surface area contributed by atoms with Gasteiger partial charge in [0.05, 0.1) is 35.0 Å². The predicted molar refractivity (Wildman–Crippen MR) is 217 cm³/mol. The highest BCUT2D eigenvalue weighted by atomic mass is 32.2. The summed E-state index contributed by atoms with van der Waals surface area (Å²) in [5.74, 6) is -3.01. The lowest BCUT2D eigenvalue weighted by Gasteiger charge is -2.37. The van der Waals surface area contributed by atoms with E-state index in [2.05, 4.69) is 23.2 Å². The normalized spacial score (nSPS) is 20.1. The smallest absolute Gasteiger partial charge is 0.422 e. The van der Waals surface area contributed by atoms with Crippen LogP contribution in [0.25, 0.3) is 10.8 Å². The SMILES string of the molecule is C=C(C(=O)OCCCOc1ccc2c(/C=N/c3cc4c(cc3F)Sc3cc(F)ccc3O4)c(OC(=O)C3CCC(C4CCC(OCCC)CC4)CC3)c(F)cc2c1)C(F)(F)F. The number of rotatable bonds is 14. The molecule has 324 valence electrons. The van der Waals surface area contributed by atoms with Crippen LogP contribution in [-0.4, -0.2) is 50.3 Å². The van der Waals surface area contributed by atoms with Gasteiger partial charge in [0.15, 0.2) is 11.6 Å². The molecule has 4 aromatic carbocycles. The first-order valence-electron chi connectivity index (χ1n) is 20.5. The molecule has 0 unspecified atom stereocenters. The quantitative estimate of drug-likeness (QED) is 0.0272. The van der Waals surface area contributed by atoms with Gasteiger partial charge in [-0.15, -0.1) is 0 Å². The number of esters is 2. The molecule has 0 aromatic heterocycles. The van der Waals surface area contributed by atoms with E-state index in [1.54, 1.807) is 12.1 Å².